The predicted molar refractivity (Wildman–Crippen MR) is 101 cm³/mol. The number of hydrogen-bond donors (Lipinski definition) is 1. The lowest BCUT2D eigenvalue weighted by Gasteiger charge is -2.37. The van der Waals surface area contributed by atoms with Gasteiger partial charge in [-0.1, -0.05) is 18.2 Å². The second-order valence-corrected chi connectivity index (χ2v) is 9.55. The summed E-state index contributed by atoms with van der Waals surface area (Å²) >= 11 is 0. The van der Waals surface area contributed by atoms with E-state index in [4.69, 9.17) is 0 Å². The first kappa shape index (κ1) is 19.4. The summed E-state index contributed by atoms with van der Waals surface area (Å²) in [7, 11) is -3.79. The fraction of sp³-hybridized carbons (Fsp3) is 0.611. The Hall–Kier alpha value is -1.38. The van der Waals surface area contributed by atoms with Crippen molar-refractivity contribution < 1.29 is 18.2 Å². The molecule has 1 aromatic rings. The predicted octanol–water partition coefficient (Wildman–Crippen LogP) is 1.27. The third-order valence-electron chi connectivity index (χ3n) is 5.67. The topological polar surface area (TPSA) is 77.9 Å². The van der Waals surface area contributed by atoms with Gasteiger partial charge in [-0.05, 0) is 57.7 Å². The third kappa shape index (κ3) is 4.13. The number of rotatable bonds is 4. The van der Waals surface area contributed by atoms with E-state index in [1.54, 1.807) is 31.1 Å². The van der Waals surface area contributed by atoms with E-state index in [1.165, 1.54) is 0 Å². The molecule has 0 spiro atoms. The zero-order valence-electron chi connectivity index (χ0n) is 15.3. The lowest BCUT2D eigenvalue weighted by molar-refractivity contribution is -0.137. The molecule has 0 atom stereocenters. The highest BCUT2D eigenvalue weighted by atomic mass is 32.2. The van der Waals surface area contributed by atoms with Gasteiger partial charge in [0, 0.05) is 19.0 Å². The van der Waals surface area contributed by atoms with Gasteiger partial charge in [0.2, 0.25) is 5.91 Å². The van der Waals surface area contributed by atoms with Gasteiger partial charge in [0.25, 0.3) is 0 Å². The number of carbonyl (C=O) groups excluding carboxylic acids is 1. The lowest BCUT2D eigenvalue weighted by atomic mass is 9.80. The molecule has 1 aromatic carbocycles. The summed E-state index contributed by atoms with van der Waals surface area (Å²) in [5.74, 6) is 0.137. The smallest absolute Gasteiger partial charge is 0.376 e. The van der Waals surface area contributed by atoms with Crippen molar-refractivity contribution in [3.8, 4) is 0 Å². The third-order valence-corrected chi connectivity index (χ3v) is 7.95. The van der Waals surface area contributed by atoms with E-state index in [-0.39, 0.29) is 11.8 Å². The van der Waals surface area contributed by atoms with Crippen molar-refractivity contribution in [2.24, 2.45) is 5.92 Å². The van der Waals surface area contributed by atoms with Crippen LogP contribution in [0.15, 0.2) is 35.2 Å². The van der Waals surface area contributed by atoms with E-state index < -0.39 is 22.1 Å². The largest absolute Gasteiger partial charge is 0.437 e. The second kappa shape index (κ2) is 8.11. The van der Waals surface area contributed by atoms with Gasteiger partial charge in [0.1, 0.15) is 0 Å². The summed E-state index contributed by atoms with van der Waals surface area (Å²) in [4.78, 5) is 16.9. The molecule has 142 valence electrons. The van der Waals surface area contributed by atoms with E-state index in [2.05, 4.69) is 0 Å². The van der Waals surface area contributed by atoms with Crippen LogP contribution in [0.1, 0.15) is 25.7 Å². The van der Waals surface area contributed by atoms with Gasteiger partial charge in [-0.3, -0.25) is 4.79 Å². The quantitative estimate of drug-likeness (QED) is 0.799. The van der Waals surface area contributed by atoms with Crippen molar-refractivity contribution in [3.05, 3.63) is 30.3 Å². The van der Waals surface area contributed by atoms with E-state index in [1.807, 2.05) is 15.8 Å². The molecule has 0 saturated carbocycles. The minimum atomic E-state index is -3.33. The average Bonchev–Trinajstić information content (AvgIpc) is 2.68. The first-order valence-corrected chi connectivity index (χ1v) is 10.9. The summed E-state index contributed by atoms with van der Waals surface area (Å²) in [5, 5.41) is 9.21. The lowest BCUT2D eigenvalue weighted by Crippen LogP contribution is -2.49. The molecule has 0 radical (unpaired) electrons. The number of piperidine rings is 2. The minimum Gasteiger partial charge on any atom is -0.437 e. The molecule has 26 heavy (non-hydrogen) atoms. The van der Waals surface area contributed by atoms with Gasteiger partial charge in [-0.2, -0.15) is 0 Å². The van der Waals surface area contributed by atoms with Crippen molar-refractivity contribution in [1.29, 1.82) is 0 Å². The van der Waals surface area contributed by atoms with Crippen molar-refractivity contribution in [1.82, 2.24) is 9.71 Å². The highest BCUT2D eigenvalue weighted by Crippen LogP contribution is 2.27. The normalized spacial score (nSPS) is 20.9. The van der Waals surface area contributed by atoms with Gasteiger partial charge in [0.15, 0.2) is 9.84 Å². The number of benzene rings is 1. The van der Waals surface area contributed by atoms with Gasteiger partial charge in [-0.15, -0.1) is 0 Å². The average molecular weight is 378 g/mol. The van der Waals surface area contributed by atoms with Crippen LogP contribution in [0.3, 0.4) is 0 Å². The molecule has 2 fully saturated rings. The van der Waals surface area contributed by atoms with Crippen LogP contribution in [-0.2, 0) is 14.6 Å². The Kier molecular flexibility index (Phi) is 6.04. The summed E-state index contributed by atoms with van der Waals surface area (Å²) in [6, 6.07) is 8.57. The SMILES string of the molecule is CB(O)N1CCC(C(=O)N2CCC(S(=O)(=O)c3ccccc3)CC2)CC1. The molecule has 1 amide bonds. The van der Waals surface area contributed by atoms with Crippen molar-refractivity contribution in [2.45, 2.75) is 42.7 Å². The number of hydrogen-bond acceptors (Lipinski definition) is 5. The molecule has 2 heterocycles. The summed E-state index contributed by atoms with van der Waals surface area (Å²) < 4.78 is 25.5. The fourth-order valence-electron chi connectivity index (χ4n) is 3.97. The number of carbonyl (C=O) groups is 1. The number of amides is 1. The number of likely N-dealkylation sites (tertiary alicyclic amines) is 1. The molecule has 8 heteroatoms. The Bertz CT molecular complexity index is 710. The second-order valence-electron chi connectivity index (χ2n) is 7.32. The maximum atomic E-state index is 12.8. The summed E-state index contributed by atoms with van der Waals surface area (Å²) in [6.45, 7) is 4.22. The molecular weight excluding hydrogens is 351 g/mol. The van der Waals surface area contributed by atoms with Gasteiger partial charge >= 0.3 is 7.05 Å². The highest BCUT2D eigenvalue weighted by molar-refractivity contribution is 7.92. The van der Waals surface area contributed by atoms with Crippen LogP contribution in [0.4, 0.5) is 0 Å². The Morgan fingerprint density at radius 2 is 1.62 bits per heavy atom. The fourth-order valence-corrected chi connectivity index (χ4v) is 5.72. The van der Waals surface area contributed by atoms with Crippen LogP contribution in [0.5, 0.6) is 0 Å². The zero-order valence-corrected chi connectivity index (χ0v) is 16.1. The van der Waals surface area contributed by atoms with E-state index >= 15 is 0 Å². The monoisotopic (exact) mass is 378 g/mol. The summed E-state index contributed by atoms with van der Waals surface area (Å²) in [6.07, 6.45) is 2.50. The molecule has 6 nitrogen and oxygen atoms in total. The van der Waals surface area contributed by atoms with Crippen LogP contribution in [0, 0.1) is 5.92 Å². The molecule has 0 unspecified atom stereocenters. The minimum absolute atomic E-state index is 0.00715. The number of nitrogens with zero attached hydrogens (tertiary/aromatic N) is 2. The molecule has 2 aliphatic heterocycles. The first-order valence-electron chi connectivity index (χ1n) is 9.39. The highest BCUT2D eigenvalue weighted by Gasteiger charge is 2.35. The Morgan fingerprint density at radius 3 is 2.15 bits per heavy atom. The van der Waals surface area contributed by atoms with Crippen LogP contribution >= 0.6 is 0 Å². The molecule has 0 bridgehead atoms. The molecule has 1 N–H and O–H groups in total. The Morgan fingerprint density at radius 1 is 1.04 bits per heavy atom. The van der Waals surface area contributed by atoms with Crippen LogP contribution in [-0.4, -0.2) is 67.5 Å². The molecule has 0 aromatic heterocycles. The molecule has 3 rings (SSSR count). The van der Waals surface area contributed by atoms with E-state index in [0.717, 1.165) is 25.9 Å². The summed E-state index contributed by atoms with van der Waals surface area (Å²) in [5.41, 5.74) is 0. The Labute approximate surface area is 156 Å². The maximum absolute atomic E-state index is 12.8. The Balaban J connectivity index is 1.55. The molecule has 2 saturated heterocycles. The van der Waals surface area contributed by atoms with E-state index in [9.17, 15) is 18.2 Å². The maximum Gasteiger partial charge on any atom is 0.376 e. The van der Waals surface area contributed by atoms with Crippen LogP contribution in [0.2, 0.25) is 6.82 Å². The van der Waals surface area contributed by atoms with E-state index in [0.29, 0.717) is 30.8 Å². The zero-order chi connectivity index (χ0) is 18.7. The molecule has 2 aliphatic rings. The van der Waals surface area contributed by atoms with Crippen molar-refractivity contribution in [2.75, 3.05) is 26.2 Å². The molecule has 0 aliphatic carbocycles. The van der Waals surface area contributed by atoms with Gasteiger partial charge < -0.3 is 14.7 Å². The van der Waals surface area contributed by atoms with Crippen molar-refractivity contribution in [3.63, 3.8) is 0 Å². The van der Waals surface area contributed by atoms with Gasteiger partial charge in [-0.25, -0.2) is 8.42 Å². The van der Waals surface area contributed by atoms with Crippen molar-refractivity contribution >= 4 is 22.8 Å². The number of sulfone groups is 1. The molecular formula is C18H27BN2O4S. The standard InChI is InChI=1S/C18H27BN2O4S/c1-19(23)21-13-7-15(8-14-21)18(22)20-11-9-17(10-12-20)26(24,25)16-5-3-2-4-6-16/h2-6,15,17,23H,7-14H2,1H3. The first-order chi connectivity index (χ1) is 12.4. The van der Waals surface area contributed by atoms with Crippen LogP contribution in [0.25, 0.3) is 0 Å². The van der Waals surface area contributed by atoms with Crippen LogP contribution < -0.4 is 0 Å². The van der Waals surface area contributed by atoms with Gasteiger partial charge in [0.05, 0.1) is 10.1 Å².